The van der Waals surface area contributed by atoms with Crippen molar-refractivity contribution in [3.05, 3.63) is 59.7 Å². The Morgan fingerprint density at radius 1 is 1.09 bits per heavy atom. The highest BCUT2D eigenvalue weighted by atomic mass is 16.5. The largest absolute Gasteiger partial charge is 0.504 e. The molecule has 114 valence electrons. The van der Waals surface area contributed by atoms with Gasteiger partial charge in [-0.1, -0.05) is 48.9 Å². The van der Waals surface area contributed by atoms with Gasteiger partial charge in [-0.2, -0.15) is 0 Å². The maximum Gasteiger partial charge on any atom is 0.314 e. The number of benzene rings is 2. The summed E-state index contributed by atoms with van der Waals surface area (Å²) in [6.45, 7) is 0.331. The van der Waals surface area contributed by atoms with E-state index in [1.165, 1.54) is 0 Å². The molecule has 0 heterocycles. The minimum Gasteiger partial charge on any atom is -0.504 e. The number of hydrogen-bond acceptors (Lipinski definition) is 3. The van der Waals surface area contributed by atoms with Gasteiger partial charge in [-0.3, -0.25) is 4.79 Å². The van der Waals surface area contributed by atoms with Crippen molar-refractivity contribution in [2.24, 2.45) is 0 Å². The summed E-state index contributed by atoms with van der Waals surface area (Å²) in [4.78, 5) is 11.6. The fraction of sp³-hybridized carbons (Fsp3) is 0.278. The molecule has 1 saturated carbocycles. The molecule has 0 radical (unpaired) electrons. The Labute approximate surface area is 129 Å². The van der Waals surface area contributed by atoms with Crippen molar-refractivity contribution in [1.82, 2.24) is 0 Å². The number of rotatable bonds is 5. The molecule has 2 aromatic rings. The Morgan fingerprint density at radius 2 is 1.82 bits per heavy atom. The van der Waals surface area contributed by atoms with Crippen LogP contribution in [0.1, 0.15) is 30.4 Å². The van der Waals surface area contributed by atoms with Crippen LogP contribution in [-0.4, -0.2) is 16.2 Å². The number of para-hydroxylation sites is 1. The zero-order valence-electron chi connectivity index (χ0n) is 12.2. The van der Waals surface area contributed by atoms with Crippen molar-refractivity contribution in [2.75, 3.05) is 0 Å². The lowest BCUT2D eigenvalue weighted by molar-refractivity contribution is -0.147. The standard InChI is InChI=1S/C18H18O4/c19-16-14(18(17(20)21)10-5-11-18)8-4-9-15(16)22-12-13-6-2-1-3-7-13/h1-4,6-9,19H,5,10-12H2,(H,20,21). The Morgan fingerprint density at radius 3 is 2.41 bits per heavy atom. The molecule has 0 bridgehead atoms. The minimum absolute atomic E-state index is 0.0551. The molecule has 0 aliphatic heterocycles. The van der Waals surface area contributed by atoms with Gasteiger partial charge < -0.3 is 14.9 Å². The van der Waals surface area contributed by atoms with E-state index in [-0.39, 0.29) is 5.75 Å². The fourth-order valence-corrected chi connectivity index (χ4v) is 2.89. The number of aliphatic carboxylic acids is 1. The molecule has 22 heavy (non-hydrogen) atoms. The molecule has 2 aromatic carbocycles. The highest BCUT2D eigenvalue weighted by Gasteiger charge is 2.47. The van der Waals surface area contributed by atoms with Crippen LogP contribution in [0.15, 0.2) is 48.5 Å². The summed E-state index contributed by atoms with van der Waals surface area (Å²) < 4.78 is 5.66. The van der Waals surface area contributed by atoms with Gasteiger partial charge in [-0.15, -0.1) is 0 Å². The third-order valence-corrected chi connectivity index (χ3v) is 4.37. The van der Waals surface area contributed by atoms with E-state index in [9.17, 15) is 15.0 Å². The highest BCUT2D eigenvalue weighted by Crippen LogP contribution is 2.49. The van der Waals surface area contributed by atoms with Crippen LogP contribution >= 0.6 is 0 Å². The number of carboxylic acids is 1. The van der Waals surface area contributed by atoms with Gasteiger partial charge >= 0.3 is 5.97 Å². The number of carbonyl (C=O) groups is 1. The molecule has 0 spiro atoms. The second kappa shape index (κ2) is 5.72. The molecule has 4 nitrogen and oxygen atoms in total. The van der Waals surface area contributed by atoms with E-state index >= 15 is 0 Å². The molecule has 1 aliphatic rings. The zero-order chi connectivity index (χ0) is 15.6. The lowest BCUT2D eigenvalue weighted by Gasteiger charge is -2.38. The highest BCUT2D eigenvalue weighted by molar-refractivity contribution is 5.84. The summed E-state index contributed by atoms with van der Waals surface area (Å²) in [5, 5.41) is 19.9. The van der Waals surface area contributed by atoms with Gasteiger partial charge in [0.2, 0.25) is 0 Å². The Kier molecular flexibility index (Phi) is 3.75. The first-order valence-corrected chi connectivity index (χ1v) is 7.36. The zero-order valence-corrected chi connectivity index (χ0v) is 12.2. The van der Waals surface area contributed by atoms with E-state index < -0.39 is 11.4 Å². The Hall–Kier alpha value is -2.49. The second-order valence-corrected chi connectivity index (χ2v) is 5.67. The maximum absolute atomic E-state index is 11.6. The van der Waals surface area contributed by atoms with Gasteiger partial charge in [0.25, 0.3) is 0 Å². The molecule has 0 saturated heterocycles. The van der Waals surface area contributed by atoms with Crippen LogP contribution in [0.4, 0.5) is 0 Å². The lowest BCUT2D eigenvalue weighted by Crippen LogP contribution is -2.42. The summed E-state index contributed by atoms with van der Waals surface area (Å²) in [5.74, 6) is -0.608. The number of ether oxygens (including phenoxy) is 1. The number of hydrogen-bond donors (Lipinski definition) is 2. The quantitative estimate of drug-likeness (QED) is 0.887. The average Bonchev–Trinajstić information content (AvgIpc) is 2.47. The smallest absolute Gasteiger partial charge is 0.314 e. The Bertz CT molecular complexity index is 675. The molecule has 3 rings (SSSR count). The van der Waals surface area contributed by atoms with Gasteiger partial charge in [0.05, 0.1) is 5.41 Å². The van der Waals surface area contributed by atoms with Crippen molar-refractivity contribution in [1.29, 1.82) is 0 Å². The van der Waals surface area contributed by atoms with Crippen LogP contribution in [0.2, 0.25) is 0 Å². The van der Waals surface area contributed by atoms with Gasteiger partial charge in [0, 0.05) is 5.56 Å². The minimum atomic E-state index is -0.962. The third kappa shape index (κ3) is 2.41. The van der Waals surface area contributed by atoms with Crippen molar-refractivity contribution < 1.29 is 19.7 Å². The van der Waals surface area contributed by atoms with Crippen molar-refractivity contribution in [3.8, 4) is 11.5 Å². The van der Waals surface area contributed by atoms with Crippen LogP contribution in [0, 0.1) is 0 Å². The predicted molar refractivity (Wildman–Crippen MR) is 82.0 cm³/mol. The molecule has 2 N–H and O–H groups in total. The molecule has 0 aromatic heterocycles. The van der Waals surface area contributed by atoms with Crippen LogP contribution in [0.3, 0.4) is 0 Å². The SMILES string of the molecule is O=C(O)C1(c2cccc(OCc3ccccc3)c2O)CCC1. The first-order valence-electron chi connectivity index (χ1n) is 7.36. The second-order valence-electron chi connectivity index (χ2n) is 5.67. The normalized spacial score (nSPS) is 15.8. The molecular weight excluding hydrogens is 280 g/mol. The van der Waals surface area contributed by atoms with Crippen molar-refractivity contribution in [2.45, 2.75) is 31.3 Å². The van der Waals surface area contributed by atoms with Crippen molar-refractivity contribution >= 4 is 5.97 Å². The molecule has 4 heteroatoms. The van der Waals surface area contributed by atoms with E-state index in [0.717, 1.165) is 12.0 Å². The summed E-state index contributed by atoms with van der Waals surface area (Å²) in [6.07, 6.45) is 1.97. The molecule has 1 fully saturated rings. The summed E-state index contributed by atoms with van der Waals surface area (Å²) in [5.41, 5.74) is 0.483. The first kappa shape index (κ1) is 14.4. The van der Waals surface area contributed by atoms with Crippen molar-refractivity contribution in [3.63, 3.8) is 0 Å². The number of carboxylic acid groups (broad SMARTS) is 1. The van der Waals surface area contributed by atoms with E-state index in [4.69, 9.17) is 4.74 Å². The molecule has 0 amide bonds. The van der Waals surface area contributed by atoms with E-state index in [0.29, 0.717) is 30.8 Å². The van der Waals surface area contributed by atoms with E-state index in [1.807, 2.05) is 30.3 Å². The maximum atomic E-state index is 11.6. The fourth-order valence-electron chi connectivity index (χ4n) is 2.89. The summed E-state index contributed by atoms with van der Waals surface area (Å²) >= 11 is 0. The molecular formula is C18H18O4. The average molecular weight is 298 g/mol. The van der Waals surface area contributed by atoms with Crippen LogP contribution in [-0.2, 0) is 16.8 Å². The van der Waals surface area contributed by atoms with Crippen LogP contribution < -0.4 is 4.74 Å². The van der Waals surface area contributed by atoms with Gasteiger partial charge in [-0.25, -0.2) is 0 Å². The Balaban J connectivity index is 1.85. The lowest BCUT2D eigenvalue weighted by atomic mass is 9.64. The summed E-state index contributed by atoms with van der Waals surface area (Å²) in [7, 11) is 0. The predicted octanol–water partition coefficient (Wildman–Crippen LogP) is 3.48. The monoisotopic (exact) mass is 298 g/mol. The number of phenolic OH excluding ortho intramolecular Hbond substituents is 1. The number of phenols is 1. The molecule has 0 atom stereocenters. The van der Waals surface area contributed by atoms with Gasteiger partial charge in [0.1, 0.15) is 6.61 Å². The van der Waals surface area contributed by atoms with E-state index in [2.05, 4.69) is 0 Å². The number of aromatic hydroxyl groups is 1. The molecule has 1 aliphatic carbocycles. The van der Waals surface area contributed by atoms with E-state index in [1.54, 1.807) is 18.2 Å². The van der Waals surface area contributed by atoms with Crippen LogP contribution in [0.25, 0.3) is 0 Å². The topological polar surface area (TPSA) is 66.8 Å². The van der Waals surface area contributed by atoms with Gasteiger partial charge in [0.15, 0.2) is 11.5 Å². The summed E-state index contributed by atoms with van der Waals surface area (Å²) in [6, 6.07) is 14.7. The molecule has 0 unspecified atom stereocenters. The van der Waals surface area contributed by atoms with Crippen LogP contribution in [0.5, 0.6) is 11.5 Å². The third-order valence-electron chi connectivity index (χ3n) is 4.37. The first-order chi connectivity index (χ1) is 10.6. The van der Waals surface area contributed by atoms with Gasteiger partial charge in [-0.05, 0) is 24.5 Å².